The van der Waals surface area contributed by atoms with Gasteiger partial charge in [-0.05, 0) is 30.5 Å². The maximum Gasteiger partial charge on any atom is 0.0960 e. The maximum absolute atomic E-state index is 12.4. The average molecular weight is 166 g/mol. The monoisotopic (exact) mass is 166 g/mol. The molecule has 1 aromatic rings. The van der Waals surface area contributed by atoms with Crippen molar-refractivity contribution in [2.45, 2.75) is 26.7 Å². The number of hydrogen-bond donors (Lipinski definition) is 0. The summed E-state index contributed by atoms with van der Waals surface area (Å²) in [4.78, 5) is 0. The second-order valence-electron chi connectivity index (χ2n) is 3.34. The summed E-state index contributed by atoms with van der Waals surface area (Å²) in [6.45, 7) is 5.76. The quantitative estimate of drug-likeness (QED) is 0.631. The molecule has 0 nitrogen and oxygen atoms in total. The molecule has 0 spiro atoms. The largest absolute Gasteiger partial charge is 0.250 e. The molecule has 0 heterocycles. The summed E-state index contributed by atoms with van der Waals surface area (Å²) in [5, 5.41) is 0. The zero-order valence-electron chi connectivity index (χ0n) is 7.89. The van der Waals surface area contributed by atoms with Crippen LogP contribution in [0.3, 0.4) is 0 Å². The Morgan fingerprint density at radius 2 is 2.00 bits per heavy atom. The van der Waals surface area contributed by atoms with Gasteiger partial charge in [0.1, 0.15) is 0 Å². The number of hydrogen-bond acceptors (Lipinski definition) is 0. The first-order chi connectivity index (χ1) is 5.66. The van der Waals surface area contributed by atoms with Gasteiger partial charge in [0.2, 0.25) is 0 Å². The summed E-state index contributed by atoms with van der Waals surface area (Å²) in [6.07, 6.45) is 0. The Labute approximate surface area is 73.4 Å². The SMILES string of the molecule is Cc1cccc(C(C)CF)c1C. The van der Waals surface area contributed by atoms with Crippen molar-refractivity contribution in [2.24, 2.45) is 0 Å². The summed E-state index contributed by atoms with van der Waals surface area (Å²) >= 11 is 0. The van der Waals surface area contributed by atoms with E-state index in [1.54, 1.807) is 0 Å². The lowest BCUT2D eigenvalue weighted by molar-refractivity contribution is 0.446. The van der Waals surface area contributed by atoms with Gasteiger partial charge in [0.25, 0.3) is 0 Å². The Bertz CT molecular complexity index is 266. The minimum atomic E-state index is -0.274. The molecule has 0 aliphatic heterocycles. The summed E-state index contributed by atoms with van der Waals surface area (Å²) in [6, 6.07) is 6.06. The number of rotatable bonds is 2. The van der Waals surface area contributed by atoms with E-state index in [0.29, 0.717) is 0 Å². The highest BCUT2D eigenvalue weighted by Crippen LogP contribution is 2.21. The average Bonchev–Trinajstić information content (AvgIpc) is 2.08. The lowest BCUT2D eigenvalue weighted by Gasteiger charge is -2.12. The fourth-order valence-corrected chi connectivity index (χ4v) is 1.39. The van der Waals surface area contributed by atoms with Gasteiger partial charge in [-0.15, -0.1) is 0 Å². The van der Waals surface area contributed by atoms with Gasteiger partial charge in [0, 0.05) is 5.92 Å². The van der Waals surface area contributed by atoms with E-state index < -0.39 is 0 Å². The third-order valence-electron chi connectivity index (χ3n) is 2.41. The van der Waals surface area contributed by atoms with Crippen molar-refractivity contribution in [3.8, 4) is 0 Å². The topological polar surface area (TPSA) is 0 Å². The van der Waals surface area contributed by atoms with Crippen LogP contribution in [0.5, 0.6) is 0 Å². The first-order valence-electron chi connectivity index (χ1n) is 4.29. The molecule has 1 aromatic carbocycles. The van der Waals surface area contributed by atoms with E-state index in [-0.39, 0.29) is 12.6 Å². The predicted molar refractivity (Wildman–Crippen MR) is 50.3 cm³/mol. The molecule has 0 bridgehead atoms. The van der Waals surface area contributed by atoms with Gasteiger partial charge in [0.15, 0.2) is 0 Å². The van der Waals surface area contributed by atoms with Crippen LogP contribution in [0, 0.1) is 13.8 Å². The number of alkyl halides is 1. The minimum absolute atomic E-state index is 0.0323. The number of aryl methyl sites for hydroxylation is 1. The molecule has 1 unspecified atom stereocenters. The molecule has 0 saturated carbocycles. The number of benzene rings is 1. The highest BCUT2D eigenvalue weighted by atomic mass is 19.1. The van der Waals surface area contributed by atoms with Gasteiger partial charge >= 0.3 is 0 Å². The van der Waals surface area contributed by atoms with E-state index in [9.17, 15) is 4.39 Å². The van der Waals surface area contributed by atoms with Crippen molar-refractivity contribution in [2.75, 3.05) is 6.67 Å². The summed E-state index contributed by atoms with van der Waals surface area (Å²) < 4.78 is 12.4. The minimum Gasteiger partial charge on any atom is -0.250 e. The van der Waals surface area contributed by atoms with Gasteiger partial charge in [-0.25, -0.2) is 0 Å². The Morgan fingerprint density at radius 1 is 1.33 bits per heavy atom. The van der Waals surface area contributed by atoms with Crippen LogP contribution in [0.1, 0.15) is 29.5 Å². The zero-order valence-corrected chi connectivity index (χ0v) is 7.89. The second kappa shape index (κ2) is 3.70. The smallest absolute Gasteiger partial charge is 0.0960 e. The lowest BCUT2D eigenvalue weighted by Crippen LogP contribution is -1.99. The van der Waals surface area contributed by atoms with Crippen LogP contribution in [-0.4, -0.2) is 6.67 Å². The van der Waals surface area contributed by atoms with Crippen molar-refractivity contribution < 1.29 is 4.39 Å². The van der Waals surface area contributed by atoms with Gasteiger partial charge in [-0.2, -0.15) is 0 Å². The van der Waals surface area contributed by atoms with Crippen molar-refractivity contribution in [3.63, 3.8) is 0 Å². The van der Waals surface area contributed by atoms with E-state index in [4.69, 9.17) is 0 Å². The van der Waals surface area contributed by atoms with Crippen LogP contribution in [0.4, 0.5) is 4.39 Å². The van der Waals surface area contributed by atoms with Crippen LogP contribution >= 0.6 is 0 Å². The normalized spacial score (nSPS) is 13.0. The van der Waals surface area contributed by atoms with Crippen LogP contribution in [-0.2, 0) is 0 Å². The zero-order chi connectivity index (χ0) is 9.14. The van der Waals surface area contributed by atoms with Gasteiger partial charge in [-0.3, -0.25) is 4.39 Å². The van der Waals surface area contributed by atoms with Gasteiger partial charge in [-0.1, -0.05) is 25.1 Å². The molecular weight excluding hydrogens is 151 g/mol. The molecule has 0 radical (unpaired) electrons. The summed E-state index contributed by atoms with van der Waals surface area (Å²) in [5.74, 6) is 0.0323. The van der Waals surface area contributed by atoms with Crippen LogP contribution in [0.15, 0.2) is 18.2 Å². The highest BCUT2D eigenvalue weighted by molar-refractivity contribution is 5.35. The molecular formula is C11H15F. The molecule has 0 fully saturated rings. The van der Waals surface area contributed by atoms with E-state index in [0.717, 1.165) is 5.56 Å². The Kier molecular flexibility index (Phi) is 2.85. The molecule has 1 atom stereocenters. The third-order valence-corrected chi connectivity index (χ3v) is 2.41. The Morgan fingerprint density at radius 3 is 2.58 bits per heavy atom. The van der Waals surface area contributed by atoms with Crippen molar-refractivity contribution in [1.29, 1.82) is 0 Å². The van der Waals surface area contributed by atoms with Crippen LogP contribution in [0.25, 0.3) is 0 Å². The van der Waals surface area contributed by atoms with Crippen molar-refractivity contribution >= 4 is 0 Å². The van der Waals surface area contributed by atoms with Crippen LogP contribution < -0.4 is 0 Å². The molecule has 0 aromatic heterocycles. The van der Waals surface area contributed by atoms with E-state index in [1.165, 1.54) is 11.1 Å². The Balaban J connectivity index is 3.07. The first-order valence-corrected chi connectivity index (χ1v) is 4.29. The molecule has 0 saturated heterocycles. The molecule has 0 amide bonds. The van der Waals surface area contributed by atoms with Crippen molar-refractivity contribution in [3.05, 3.63) is 34.9 Å². The maximum atomic E-state index is 12.4. The molecule has 0 aliphatic rings. The summed E-state index contributed by atoms with van der Waals surface area (Å²) in [5.41, 5.74) is 3.60. The standard InChI is InChI=1S/C11H15F/c1-8-5-4-6-11(10(8)3)9(2)7-12/h4-6,9H,7H2,1-3H3. The molecule has 1 rings (SSSR count). The third kappa shape index (κ3) is 1.66. The number of halogens is 1. The second-order valence-corrected chi connectivity index (χ2v) is 3.34. The van der Waals surface area contributed by atoms with Crippen LogP contribution in [0.2, 0.25) is 0 Å². The van der Waals surface area contributed by atoms with Gasteiger partial charge in [0.05, 0.1) is 6.67 Å². The molecule has 1 heteroatoms. The molecule has 0 aliphatic carbocycles. The highest BCUT2D eigenvalue weighted by Gasteiger charge is 2.08. The van der Waals surface area contributed by atoms with Crippen molar-refractivity contribution in [1.82, 2.24) is 0 Å². The summed E-state index contributed by atoms with van der Waals surface area (Å²) in [7, 11) is 0. The molecule has 0 N–H and O–H groups in total. The Hall–Kier alpha value is -0.850. The molecule has 12 heavy (non-hydrogen) atoms. The first kappa shape index (κ1) is 9.24. The predicted octanol–water partition coefficient (Wildman–Crippen LogP) is 3.38. The van der Waals surface area contributed by atoms with E-state index >= 15 is 0 Å². The lowest BCUT2D eigenvalue weighted by atomic mass is 9.95. The fraction of sp³-hybridized carbons (Fsp3) is 0.455. The van der Waals surface area contributed by atoms with Gasteiger partial charge < -0.3 is 0 Å². The fourth-order valence-electron chi connectivity index (χ4n) is 1.39. The van der Waals surface area contributed by atoms with E-state index in [1.807, 2.05) is 19.1 Å². The molecule has 66 valence electrons. The van der Waals surface area contributed by atoms with E-state index in [2.05, 4.69) is 19.9 Å².